The van der Waals surface area contributed by atoms with Crippen molar-refractivity contribution < 1.29 is 4.79 Å². The van der Waals surface area contributed by atoms with Crippen LogP contribution in [0, 0.1) is 11.8 Å². The van der Waals surface area contributed by atoms with Gasteiger partial charge < -0.3 is 16.0 Å². The quantitative estimate of drug-likeness (QED) is 0.814. The Morgan fingerprint density at radius 3 is 2.74 bits per heavy atom. The average Bonchev–Trinajstić information content (AvgIpc) is 3.16. The number of nitrogens with two attached hydrogens (primary N) is 1. The van der Waals surface area contributed by atoms with Gasteiger partial charge in [0.15, 0.2) is 5.65 Å². The second-order valence-corrected chi connectivity index (χ2v) is 7.48. The van der Waals surface area contributed by atoms with Crippen LogP contribution in [0.25, 0.3) is 5.65 Å². The average molecular weight is 394 g/mol. The van der Waals surface area contributed by atoms with E-state index in [-0.39, 0.29) is 30.3 Å². The number of nitrogens with one attached hydrogen (secondary N) is 1. The third-order valence-corrected chi connectivity index (χ3v) is 5.88. The molecular weight excluding hydrogens is 366 g/mol. The molecule has 0 radical (unpaired) electrons. The van der Waals surface area contributed by atoms with Crippen molar-refractivity contribution in [3.05, 3.63) is 18.5 Å². The van der Waals surface area contributed by atoms with E-state index in [1.165, 1.54) is 12.8 Å². The van der Waals surface area contributed by atoms with Gasteiger partial charge in [0.05, 0.1) is 0 Å². The molecule has 2 aromatic heterocycles. The lowest BCUT2D eigenvalue weighted by atomic mass is 9.84. The third kappa shape index (κ3) is 4.32. The molecule has 148 valence electrons. The second kappa shape index (κ2) is 8.84. The summed E-state index contributed by atoms with van der Waals surface area (Å²) in [4.78, 5) is 14.9. The van der Waals surface area contributed by atoms with Crippen LogP contribution in [-0.2, 0) is 4.79 Å². The van der Waals surface area contributed by atoms with Crippen molar-refractivity contribution in [1.82, 2.24) is 25.1 Å². The van der Waals surface area contributed by atoms with Gasteiger partial charge in [-0.25, -0.2) is 0 Å². The van der Waals surface area contributed by atoms with Crippen LogP contribution in [0.15, 0.2) is 18.5 Å². The molecular formula is C18H28ClN7O. The van der Waals surface area contributed by atoms with Gasteiger partial charge in [-0.1, -0.05) is 12.8 Å². The number of hydrogen-bond acceptors (Lipinski definition) is 6. The van der Waals surface area contributed by atoms with Crippen LogP contribution in [0.3, 0.4) is 0 Å². The minimum atomic E-state index is 0. The van der Waals surface area contributed by atoms with E-state index in [4.69, 9.17) is 5.73 Å². The van der Waals surface area contributed by atoms with E-state index in [1.54, 1.807) is 10.8 Å². The highest BCUT2D eigenvalue weighted by molar-refractivity contribution is 5.85. The number of fused-ring (bicyclic) bond motifs is 1. The van der Waals surface area contributed by atoms with Crippen molar-refractivity contribution in [2.75, 3.05) is 24.5 Å². The number of halogens is 1. The molecule has 1 aliphatic carbocycles. The molecule has 9 heteroatoms. The number of carbonyl (C=O) groups excluding carboxylic acids is 1. The Labute approximate surface area is 165 Å². The molecule has 1 saturated heterocycles. The summed E-state index contributed by atoms with van der Waals surface area (Å²) in [6.45, 7) is 2.34. The van der Waals surface area contributed by atoms with Crippen molar-refractivity contribution in [3.63, 3.8) is 0 Å². The predicted octanol–water partition coefficient (Wildman–Crippen LogP) is 1.40. The first-order chi connectivity index (χ1) is 12.7. The summed E-state index contributed by atoms with van der Waals surface area (Å²) < 4.78 is 1.68. The number of amides is 1. The van der Waals surface area contributed by atoms with E-state index in [0.29, 0.717) is 12.5 Å². The first-order valence-corrected chi connectivity index (χ1v) is 9.67. The Hall–Kier alpha value is -1.93. The predicted molar refractivity (Wildman–Crippen MR) is 106 cm³/mol. The molecule has 4 rings (SSSR count). The smallest absolute Gasteiger partial charge is 0.223 e. The number of aromatic nitrogens is 4. The maximum Gasteiger partial charge on any atom is 0.223 e. The molecule has 3 heterocycles. The zero-order valence-corrected chi connectivity index (χ0v) is 16.3. The molecule has 8 nitrogen and oxygen atoms in total. The van der Waals surface area contributed by atoms with Crippen LogP contribution in [-0.4, -0.2) is 51.4 Å². The van der Waals surface area contributed by atoms with E-state index >= 15 is 0 Å². The first-order valence-electron chi connectivity index (χ1n) is 9.67. The first kappa shape index (κ1) is 19.8. The van der Waals surface area contributed by atoms with Crippen LogP contribution < -0.4 is 16.0 Å². The van der Waals surface area contributed by atoms with Crippen LogP contribution in [0.4, 0.5) is 5.82 Å². The standard InChI is InChI=1S/C18H27N7O.ClH/c19-11-14-3-1-2-4-15(14)21-18(26)13-7-9-24(10-8-13)17-6-5-16-22-20-12-25(16)23-17;/h5-6,12-15H,1-4,7-11,19H2,(H,21,26);1H. The van der Waals surface area contributed by atoms with Crippen molar-refractivity contribution in [1.29, 1.82) is 0 Å². The van der Waals surface area contributed by atoms with Gasteiger partial charge in [0, 0.05) is 25.0 Å². The van der Waals surface area contributed by atoms with Gasteiger partial charge in [0.2, 0.25) is 5.91 Å². The lowest BCUT2D eigenvalue weighted by Gasteiger charge is -2.35. The molecule has 27 heavy (non-hydrogen) atoms. The summed E-state index contributed by atoms with van der Waals surface area (Å²) in [5.41, 5.74) is 6.63. The Morgan fingerprint density at radius 2 is 1.96 bits per heavy atom. The van der Waals surface area contributed by atoms with E-state index in [9.17, 15) is 4.79 Å². The van der Waals surface area contributed by atoms with Crippen molar-refractivity contribution >= 4 is 29.8 Å². The highest BCUT2D eigenvalue weighted by Gasteiger charge is 2.30. The number of carbonyl (C=O) groups is 1. The van der Waals surface area contributed by atoms with Crippen LogP contribution in [0.1, 0.15) is 38.5 Å². The lowest BCUT2D eigenvalue weighted by molar-refractivity contribution is -0.126. The molecule has 2 aromatic rings. The molecule has 1 amide bonds. The monoisotopic (exact) mass is 393 g/mol. The molecule has 1 saturated carbocycles. The summed E-state index contributed by atoms with van der Waals surface area (Å²) in [7, 11) is 0. The zero-order valence-electron chi connectivity index (χ0n) is 15.5. The van der Waals surface area contributed by atoms with Crippen LogP contribution in [0.5, 0.6) is 0 Å². The Morgan fingerprint density at radius 1 is 1.19 bits per heavy atom. The molecule has 2 atom stereocenters. The molecule has 3 N–H and O–H groups in total. The van der Waals surface area contributed by atoms with Crippen molar-refractivity contribution in [2.24, 2.45) is 17.6 Å². The molecule has 1 aliphatic heterocycles. The summed E-state index contributed by atoms with van der Waals surface area (Å²) in [5.74, 6) is 1.64. The molecule has 0 aromatic carbocycles. The number of anilines is 1. The van der Waals surface area contributed by atoms with Gasteiger partial charge in [0.25, 0.3) is 0 Å². The maximum absolute atomic E-state index is 12.7. The van der Waals surface area contributed by atoms with Crippen molar-refractivity contribution in [3.8, 4) is 0 Å². The fourth-order valence-electron chi connectivity index (χ4n) is 4.24. The lowest BCUT2D eigenvalue weighted by Crippen LogP contribution is -2.48. The molecule has 0 bridgehead atoms. The summed E-state index contributed by atoms with van der Waals surface area (Å²) >= 11 is 0. The fourth-order valence-corrected chi connectivity index (χ4v) is 4.24. The maximum atomic E-state index is 12.7. The largest absolute Gasteiger partial charge is 0.355 e. The second-order valence-electron chi connectivity index (χ2n) is 7.48. The van der Waals surface area contributed by atoms with E-state index in [2.05, 4.69) is 25.5 Å². The Kier molecular flexibility index (Phi) is 6.49. The minimum absolute atomic E-state index is 0. The minimum Gasteiger partial charge on any atom is -0.355 e. The van der Waals surface area contributed by atoms with Gasteiger partial charge in [0.1, 0.15) is 12.1 Å². The fraction of sp³-hybridized carbons (Fsp3) is 0.667. The summed E-state index contributed by atoms with van der Waals surface area (Å²) in [6.07, 6.45) is 7.94. The van der Waals surface area contributed by atoms with Gasteiger partial charge in [-0.2, -0.15) is 4.52 Å². The molecule has 0 spiro atoms. The van der Waals surface area contributed by atoms with Crippen LogP contribution in [0.2, 0.25) is 0 Å². The Bertz CT molecular complexity index is 759. The van der Waals surface area contributed by atoms with Gasteiger partial charge >= 0.3 is 0 Å². The van der Waals surface area contributed by atoms with Crippen molar-refractivity contribution in [2.45, 2.75) is 44.6 Å². The number of nitrogens with zero attached hydrogens (tertiary/aromatic N) is 5. The molecule has 2 aliphatic rings. The number of piperidine rings is 1. The number of rotatable bonds is 4. The summed E-state index contributed by atoms with van der Waals surface area (Å²) in [6, 6.07) is 4.15. The highest BCUT2D eigenvalue weighted by atomic mass is 35.5. The molecule has 2 fully saturated rings. The van der Waals surface area contributed by atoms with E-state index in [1.807, 2.05) is 12.1 Å². The highest BCUT2D eigenvalue weighted by Crippen LogP contribution is 2.26. The van der Waals surface area contributed by atoms with Gasteiger partial charge in [-0.15, -0.1) is 27.7 Å². The van der Waals surface area contributed by atoms with Gasteiger partial charge in [-0.05, 0) is 50.3 Å². The Balaban J connectivity index is 0.00000210. The number of hydrogen-bond donors (Lipinski definition) is 2. The normalized spacial score (nSPS) is 23.8. The van der Waals surface area contributed by atoms with Crippen LogP contribution >= 0.6 is 12.4 Å². The molecule has 2 unspecified atom stereocenters. The topological polar surface area (TPSA) is 101 Å². The summed E-state index contributed by atoms with van der Waals surface area (Å²) in [5, 5.41) is 15.7. The van der Waals surface area contributed by atoms with E-state index in [0.717, 1.165) is 50.2 Å². The zero-order chi connectivity index (χ0) is 17.9. The van der Waals surface area contributed by atoms with Gasteiger partial charge in [-0.3, -0.25) is 4.79 Å². The SMILES string of the molecule is Cl.NCC1CCCCC1NC(=O)C1CCN(c2ccc3nncn3n2)CC1. The third-order valence-electron chi connectivity index (χ3n) is 5.88. The van der Waals surface area contributed by atoms with E-state index < -0.39 is 0 Å².